The Balaban J connectivity index is 2.16. The zero-order valence-corrected chi connectivity index (χ0v) is 11.8. The molecule has 0 saturated heterocycles. The molecule has 0 aliphatic heterocycles. The molecule has 8 nitrogen and oxygen atoms in total. The van der Waals surface area contributed by atoms with E-state index in [9.17, 15) is 4.79 Å². The van der Waals surface area contributed by atoms with Gasteiger partial charge in [0.25, 0.3) is 5.91 Å². The number of nitrogens with two attached hydrogens (primary N) is 1. The molecule has 0 aromatic carbocycles. The summed E-state index contributed by atoms with van der Waals surface area (Å²) in [7, 11) is 0. The Morgan fingerprint density at radius 1 is 1.50 bits per heavy atom. The number of anilines is 2. The van der Waals surface area contributed by atoms with E-state index >= 15 is 0 Å². The van der Waals surface area contributed by atoms with Gasteiger partial charge < -0.3 is 11.1 Å². The lowest BCUT2D eigenvalue weighted by Gasteiger charge is -2.15. The molecule has 0 radical (unpaired) electrons. The number of nitrogens with one attached hydrogen (secondary N) is 2. The van der Waals surface area contributed by atoms with Gasteiger partial charge in [0.1, 0.15) is 0 Å². The number of carbonyl (C=O) groups is 1. The van der Waals surface area contributed by atoms with Crippen LogP contribution in [0.4, 0.5) is 11.6 Å². The average molecular weight is 277 g/mol. The van der Waals surface area contributed by atoms with Gasteiger partial charge in [-0.25, -0.2) is 0 Å². The molecular formula is C12H19N7O. The third kappa shape index (κ3) is 2.63. The first-order valence-corrected chi connectivity index (χ1v) is 6.60. The molecule has 2 heterocycles. The number of aromatic amines is 1. The van der Waals surface area contributed by atoms with E-state index in [1.165, 1.54) is 0 Å². The molecule has 108 valence electrons. The van der Waals surface area contributed by atoms with E-state index in [4.69, 9.17) is 5.73 Å². The van der Waals surface area contributed by atoms with Crippen molar-refractivity contribution in [3.05, 3.63) is 17.7 Å². The van der Waals surface area contributed by atoms with Crippen molar-refractivity contribution in [2.45, 2.75) is 39.7 Å². The van der Waals surface area contributed by atoms with Crippen LogP contribution in [-0.4, -0.2) is 30.9 Å². The molecule has 1 amide bonds. The number of nitrogen functional groups attached to an aromatic ring is 1. The van der Waals surface area contributed by atoms with Gasteiger partial charge in [-0.15, -0.1) is 5.10 Å². The lowest BCUT2D eigenvalue weighted by molar-refractivity contribution is 0.101. The number of nitrogens with zero attached hydrogens (tertiary/aromatic N) is 4. The Morgan fingerprint density at radius 3 is 2.75 bits per heavy atom. The Labute approximate surface area is 116 Å². The van der Waals surface area contributed by atoms with Crippen molar-refractivity contribution in [3.63, 3.8) is 0 Å². The van der Waals surface area contributed by atoms with Crippen molar-refractivity contribution in [3.8, 4) is 0 Å². The summed E-state index contributed by atoms with van der Waals surface area (Å²) in [6.07, 6.45) is 3.63. The van der Waals surface area contributed by atoms with E-state index < -0.39 is 0 Å². The summed E-state index contributed by atoms with van der Waals surface area (Å²) in [6.45, 7) is 6.16. The van der Waals surface area contributed by atoms with Crippen LogP contribution < -0.4 is 11.1 Å². The van der Waals surface area contributed by atoms with Crippen LogP contribution in [0.1, 0.15) is 49.0 Å². The predicted molar refractivity (Wildman–Crippen MR) is 75.3 cm³/mol. The molecule has 0 unspecified atom stereocenters. The van der Waals surface area contributed by atoms with Crippen LogP contribution in [0.15, 0.2) is 6.20 Å². The van der Waals surface area contributed by atoms with Gasteiger partial charge in [-0.3, -0.25) is 14.6 Å². The Morgan fingerprint density at radius 2 is 2.20 bits per heavy atom. The monoisotopic (exact) mass is 277 g/mol. The lowest BCUT2D eigenvalue weighted by atomic mass is 10.2. The number of rotatable bonds is 5. The molecular weight excluding hydrogens is 258 g/mol. The van der Waals surface area contributed by atoms with Crippen LogP contribution in [0.3, 0.4) is 0 Å². The summed E-state index contributed by atoms with van der Waals surface area (Å²) in [5, 5.41) is 13.2. The van der Waals surface area contributed by atoms with Gasteiger partial charge in [-0.05, 0) is 19.8 Å². The highest BCUT2D eigenvalue weighted by atomic mass is 16.2. The molecule has 0 bridgehead atoms. The summed E-state index contributed by atoms with van der Waals surface area (Å²) in [6, 6.07) is 0.335. The van der Waals surface area contributed by atoms with Crippen LogP contribution in [0.25, 0.3) is 0 Å². The van der Waals surface area contributed by atoms with Gasteiger partial charge in [0.05, 0.1) is 23.6 Å². The fourth-order valence-electron chi connectivity index (χ4n) is 2.11. The Kier molecular flexibility index (Phi) is 4.02. The average Bonchev–Trinajstić information content (AvgIpc) is 3.01. The molecule has 0 aliphatic carbocycles. The molecule has 20 heavy (non-hydrogen) atoms. The maximum Gasteiger partial charge on any atom is 0.293 e. The second-order valence-corrected chi connectivity index (χ2v) is 4.55. The Bertz CT molecular complexity index is 597. The number of aromatic nitrogens is 5. The molecule has 0 spiro atoms. The number of hydrogen-bond donors (Lipinski definition) is 3. The van der Waals surface area contributed by atoms with Crippen molar-refractivity contribution < 1.29 is 4.79 Å². The molecule has 2 rings (SSSR count). The third-order valence-corrected chi connectivity index (χ3v) is 3.30. The van der Waals surface area contributed by atoms with Gasteiger partial charge in [0.15, 0.2) is 0 Å². The molecule has 2 aromatic heterocycles. The number of hydrogen-bond acceptors (Lipinski definition) is 5. The van der Waals surface area contributed by atoms with Gasteiger partial charge in [-0.2, -0.15) is 10.1 Å². The first-order valence-electron chi connectivity index (χ1n) is 6.60. The summed E-state index contributed by atoms with van der Waals surface area (Å²) >= 11 is 0. The highest BCUT2D eigenvalue weighted by molar-refractivity contribution is 6.01. The summed E-state index contributed by atoms with van der Waals surface area (Å²) in [5.41, 5.74) is 6.95. The van der Waals surface area contributed by atoms with Crippen molar-refractivity contribution in [2.75, 3.05) is 11.1 Å². The highest BCUT2D eigenvalue weighted by Gasteiger charge is 2.17. The first-order chi connectivity index (χ1) is 9.56. The second kappa shape index (κ2) is 5.72. The SMILES string of the molecule is CCC(CC)n1ncc(NC(=O)c2nc(N)n[nH]2)c1C. The summed E-state index contributed by atoms with van der Waals surface area (Å²) in [5.74, 6) is -0.266. The van der Waals surface area contributed by atoms with Crippen molar-refractivity contribution in [1.82, 2.24) is 25.0 Å². The lowest BCUT2D eigenvalue weighted by Crippen LogP contribution is -2.15. The minimum absolute atomic E-state index is 0.0413. The number of amides is 1. The van der Waals surface area contributed by atoms with Crippen molar-refractivity contribution in [1.29, 1.82) is 0 Å². The molecule has 0 fully saturated rings. The summed E-state index contributed by atoms with van der Waals surface area (Å²) < 4.78 is 1.93. The maximum atomic E-state index is 12.0. The highest BCUT2D eigenvalue weighted by Crippen LogP contribution is 2.22. The molecule has 0 aliphatic rings. The zero-order valence-electron chi connectivity index (χ0n) is 11.8. The van der Waals surface area contributed by atoms with Crippen LogP contribution >= 0.6 is 0 Å². The zero-order chi connectivity index (χ0) is 14.7. The molecule has 4 N–H and O–H groups in total. The minimum Gasteiger partial charge on any atom is -0.366 e. The molecule has 0 atom stereocenters. The third-order valence-electron chi connectivity index (χ3n) is 3.30. The van der Waals surface area contributed by atoms with Crippen molar-refractivity contribution in [2.24, 2.45) is 0 Å². The van der Waals surface area contributed by atoms with E-state index in [0.29, 0.717) is 11.7 Å². The second-order valence-electron chi connectivity index (χ2n) is 4.55. The fraction of sp³-hybridized carbons (Fsp3) is 0.500. The summed E-state index contributed by atoms with van der Waals surface area (Å²) in [4.78, 5) is 15.7. The quantitative estimate of drug-likeness (QED) is 0.766. The van der Waals surface area contributed by atoms with Crippen LogP contribution in [0.5, 0.6) is 0 Å². The van der Waals surface area contributed by atoms with E-state index in [1.807, 2.05) is 11.6 Å². The van der Waals surface area contributed by atoms with Gasteiger partial charge >= 0.3 is 0 Å². The van der Waals surface area contributed by atoms with Crippen LogP contribution in [-0.2, 0) is 0 Å². The predicted octanol–water partition coefficient (Wildman–Crippen LogP) is 1.51. The van der Waals surface area contributed by atoms with Crippen LogP contribution in [0, 0.1) is 6.92 Å². The Hall–Kier alpha value is -2.38. The number of carbonyl (C=O) groups excluding carboxylic acids is 1. The minimum atomic E-state index is -0.388. The van der Waals surface area contributed by atoms with Gasteiger partial charge in [0, 0.05) is 0 Å². The molecule has 8 heteroatoms. The molecule has 2 aromatic rings. The normalized spacial score (nSPS) is 11.0. The maximum absolute atomic E-state index is 12.0. The fourth-order valence-corrected chi connectivity index (χ4v) is 2.11. The van der Waals surface area contributed by atoms with E-state index in [2.05, 4.69) is 39.4 Å². The number of H-pyrrole nitrogens is 1. The van der Waals surface area contributed by atoms with Gasteiger partial charge in [-0.1, -0.05) is 13.8 Å². The van der Waals surface area contributed by atoms with Crippen molar-refractivity contribution >= 4 is 17.5 Å². The van der Waals surface area contributed by atoms with E-state index in [0.717, 1.165) is 18.5 Å². The standard InChI is InChI=1S/C12H19N7O/c1-4-8(5-2)19-7(3)9(6-14-19)15-11(20)10-16-12(13)18-17-10/h6,8H,4-5H2,1-3H3,(H,15,20)(H3,13,16,17,18). The van der Waals surface area contributed by atoms with E-state index in [-0.39, 0.29) is 17.7 Å². The smallest absolute Gasteiger partial charge is 0.293 e. The van der Waals surface area contributed by atoms with Gasteiger partial charge in [0.2, 0.25) is 11.8 Å². The first kappa shape index (κ1) is 14.0. The van der Waals surface area contributed by atoms with Crippen LogP contribution in [0.2, 0.25) is 0 Å². The topological polar surface area (TPSA) is 115 Å². The largest absolute Gasteiger partial charge is 0.366 e. The van der Waals surface area contributed by atoms with E-state index in [1.54, 1.807) is 6.20 Å². The molecule has 0 saturated carbocycles.